The molecule has 0 radical (unpaired) electrons. The third-order valence-electron chi connectivity index (χ3n) is 5.07. The van der Waals surface area contributed by atoms with E-state index in [1.807, 2.05) is 77.6 Å². The molecule has 0 aliphatic rings. The summed E-state index contributed by atoms with van der Waals surface area (Å²) in [7, 11) is 0. The lowest BCUT2D eigenvalue weighted by Crippen LogP contribution is -2.30. The first-order valence-corrected chi connectivity index (χ1v) is 10.3. The van der Waals surface area contributed by atoms with Gasteiger partial charge in [-0.15, -0.1) is 0 Å². The van der Waals surface area contributed by atoms with Crippen molar-refractivity contribution >= 4 is 22.6 Å². The Hall–Kier alpha value is -3.93. The van der Waals surface area contributed by atoms with Crippen molar-refractivity contribution in [2.45, 2.75) is 19.5 Å². The number of carbonyl (C=O) groups excluding carboxylic acids is 2. The number of amides is 2. The van der Waals surface area contributed by atoms with E-state index in [9.17, 15) is 9.59 Å². The summed E-state index contributed by atoms with van der Waals surface area (Å²) in [5.41, 5.74) is 2.77. The Morgan fingerprint density at radius 2 is 1.61 bits per heavy atom. The zero-order chi connectivity index (χ0) is 21.5. The predicted octanol–water partition coefficient (Wildman–Crippen LogP) is 3.52. The van der Waals surface area contributed by atoms with Crippen molar-refractivity contribution in [1.29, 1.82) is 0 Å². The van der Waals surface area contributed by atoms with Crippen molar-refractivity contribution < 1.29 is 9.59 Å². The molecule has 2 amide bonds. The lowest BCUT2D eigenvalue weighted by molar-refractivity contribution is -0.121. The summed E-state index contributed by atoms with van der Waals surface area (Å²) in [5, 5.41) is 12.0. The maximum absolute atomic E-state index is 12.3. The van der Waals surface area contributed by atoms with Gasteiger partial charge in [-0.25, -0.2) is 0 Å². The van der Waals surface area contributed by atoms with Crippen LogP contribution in [0.5, 0.6) is 0 Å². The third-order valence-corrected chi connectivity index (χ3v) is 5.07. The number of rotatable bonds is 8. The Kier molecular flexibility index (Phi) is 6.38. The van der Waals surface area contributed by atoms with Crippen LogP contribution >= 0.6 is 0 Å². The Morgan fingerprint density at radius 3 is 2.39 bits per heavy atom. The highest BCUT2D eigenvalue weighted by atomic mass is 16.2. The standard InChI is InChI=1S/C25H24N4O2/c30-24(27-17-19-6-8-20(9-7-19)18-29-15-3-13-28-29)12-14-26-25(31)23-11-10-21-4-1-2-5-22(21)16-23/h1-11,13,15-16H,12,14,17-18H2,(H,26,31)(H,27,30). The molecule has 0 aliphatic carbocycles. The zero-order valence-electron chi connectivity index (χ0n) is 17.1. The molecule has 31 heavy (non-hydrogen) atoms. The molecule has 4 rings (SSSR count). The molecule has 0 atom stereocenters. The minimum atomic E-state index is -0.175. The molecule has 0 fully saturated rings. The summed E-state index contributed by atoms with van der Waals surface area (Å²) in [5.74, 6) is -0.272. The summed E-state index contributed by atoms with van der Waals surface area (Å²) in [6.45, 7) is 1.47. The van der Waals surface area contributed by atoms with Crippen molar-refractivity contribution in [3.8, 4) is 0 Å². The van der Waals surface area contributed by atoms with Crippen molar-refractivity contribution in [2.24, 2.45) is 0 Å². The van der Waals surface area contributed by atoms with E-state index in [0.717, 1.165) is 28.4 Å². The van der Waals surface area contributed by atoms with Crippen LogP contribution in [0.2, 0.25) is 0 Å². The Labute approximate surface area is 180 Å². The van der Waals surface area contributed by atoms with E-state index in [0.29, 0.717) is 18.7 Å². The maximum Gasteiger partial charge on any atom is 0.251 e. The second-order valence-corrected chi connectivity index (χ2v) is 7.36. The van der Waals surface area contributed by atoms with Gasteiger partial charge >= 0.3 is 0 Å². The lowest BCUT2D eigenvalue weighted by atomic mass is 10.1. The summed E-state index contributed by atoms with van der Waals surface area (Å²) in [6.07, 6.45) is 3.91. The largest absolute Gasteiger partial charge is 0.352 e. The van der Waals surface area contributed by atoms with Gasteiger partial charge in [0.2, 0.25) is 5.91 Å². The van der Waals surface area contributed by atoms with Crippen LogP contribution in [-0.2, 0) is 17.9 Å². The molecule has 0 saturated heterocycles. The first-order valence-electron chi connectivity index (χ1n) is 10.3. The summed E-state index contributed by atoms with van der Waals surface area (Å²) in [4.78, 5) is 24.5. The number of fused-ring (bicyclic) bond motifs is 1. The third kappa shape index (κ3) is 5.57. The second-order valence-electron chi connectivity index (χ2n) is 7.36. The van der Waals surface area contributed by atoms with Crippen LogP contribution in [-0.4, -0.2) is 28.1 Å². The number of nitrogens with one attached hydrogen (secondary N) is 2. The van der Waals surface area contributed by atoms with E-state index in [1.54, 1.807) is 12.3 Å². The van der Waals surface area contributed by atoms with Gasteiger partial charge < -0.3 is 10.6 Å². The van der Waals surface area contributed by atoms with Gasteiger partial charge in [0.15, 0.2) is 0 Å². The number of hydrogen-bond donors (Lipinski definition) is 2. The highest BCUT2D eigenvalue weighted by molar-refractivity contribution is 5.98. The van der Waals surface area contributed by atoms with E-state index >= 15 is 0 Å². The van der Waals surface area contributed by atoms with Crippen molar-refractivity contribution in [3.63, 3.8) is 0 Å². The smallest absolute Gasteiger partial charge is 0.251 e. The Bertz CT molecular complexity index is 1170. The fourth-order valence-electron chi connectivity index (χ4n) is 3.35. The van der Waals surface area contributed by atoms with Gasteiger partial charge in [-0.1, -0.05) is 54.6 Å². The molecule has 4 aromatic rings. The van der Waals surface area contributed by atoms with Gasteiger partial charge in [0.1, 0.15) is 0 Å². The van der Waals surface area contributed by atoms with E-state index in [2.05, 4.69) is 15.7 Å². The molecule has 6 heteroatoms. The van der Waals surface area contributed by atoms with E-state index in [4.69, 9.17) is 0 Å². The van der Waals surface area contributed by atoms with Crippen molar-refractivity contribution in [1.82, 2.24) is 20.4 Å². The summed E-state index contributed by atoms with van der Waals surface area (Å²) in [6, 6.07) is 23.5. The quantitative estimate of drug-likeness (QED) is 0.465. The minimum Gasteiger partial charge on any atom is -0.352 e. The fraction of sp³-hybridized carbons (Fsp3) is 0.160. The second kappa shape index (κ2) is 9.71. The average molecular weight is 412 g/mol. The molecule has 0 saturated carbocycles. The molecular weight excluding hydrogens is 388 g/mol. The zero-order valence-corrected chi connectivity index (χ0v) is 17.1. The highest BCUT2D eigenvalue weighted by Gasteiger charge is 2.08. The molecular formula is C25H24N4O2. The molecule has 0 spiro atoms. The van der Waals surface area contributed by atoms with Crippen LogP contribution in [0.3, 0.4) is 0 Å². The summed E-state index contributed by atoms with van der Waals surface area (Å²) < 4.78 is 1.86. The van der Waals surface area contributed by atoms with Gasteiger partial charge in [-0.2, -0.15) is 5.10 Å². The molecule has 0 aliphatic heterocycles. The number of carbonyl (C=O) groups is 2. The van der Waals surface area contributed by atoms with Crippen LogP contribution < -0.4 is 10.6 Å². The van der Waals surface area contributed by atoms with E-state index in [1.165, 1.54) is 0 Å². The molecule has 156 valence electrons. The van der Waals surface area contributed by atoms with Gasteiger partial charge in [0.05, 0.1) is 6.54 Å². The Morgan fingerprint density at radius 1 is 0.839 bits per heavy atom. The monoisotopic (exact) mass is 412 g/mol. The van der Waals surface area contributed by atoms with Crippen molar-refractivity contribution in [2.75, 3.05) is 6.54 Å². The van der Waals surface area contributed by atoms with Crippen LogP contribution in [0, 0.1) is 0 Å². The molecule has 1 aromatic heterocycles. The molecule has 2 N–H and O–H groups in total. The highest BCUT2D eigenvalue weighted by Crippen LogP contribution is 2.15. The van der Waals surface area contributed by atoms with Crippen molar-refractivity contribution in [3.05, 3.63) is 102 Å². The normalized spacial score (nSPS) is 10.7. The lowest BCUT2D eigenvalue weighted by Gasteiger charge is -2.08. The summed E-state index contributed by atoms with van der Waals surface area (Å²) >= 11 is 0. The average Bonchev–Trinajstić information content (AvgIpc) is 3.31. The van der Waals surface area contributed by atoms with Gasteiger partial charge in [-0.3, -0.25) is 14.3 Å². The van der Waals surface area contributed by atoms with Crippen LogP contribution in [0.4, 0.5) is 0 Å². The predicted molar refractivity (Wildman–Crippen MR) is 121 cm³/mol. The Balaban J connectivity index is 1.19. The SMILES string of the molecule is O=C(CCNC(=O)c1ccc2ccccc2c1)NCc1ccc(Cn2cccn2)cc1. The number of aromatic nitrogens is 2. The first kappa shape index (κ1) is 20.3. The van der Waals surface area contributed by atoms with Crippen LogP contribution in [0.1, 0.15) is 27.9 Å². The van der Waals surface area contributed by atoms with E-state index in [-0.39, 0.29) is 18.2 Å². The number of benzene rings is 3. The van der Waals surface area contributed by atoms with E-state index < -0.39 is 0 Å². The number of hydrogen-bond acceptors (Lipinski definition) is 3. The molecule has 3 aromatic carbocycles. The fourth-order valence-corrected chi connectivity index (χ4v) is 3.35. The minimum absolute atomic E-state index is 0.0978. The van der Waals surface area contributed by atoms with Gasteiger partial charge in [0.25, 0.3) is 5.91 Å². The van der Waals surface area contributed by atoms with Crippen LogP contribution in [0.25, 0.3) is 10.8 Å². The molecule has 0 unspecified atom stereocenters. The molecule has 6 nitrogen and oxygen atoms in total. The maximum atomic E-state index is 12.3. The molecule has 0 bridgehead atoms. The van der Waals surface area contributed by atoms with Gasteiger partial charge in [-0.05, 0) is 40.1 Å². The topological polar surface area (TPSA) is 76.0 Å². The first-order chi connectivity index (χ1) is 15.2. The van der Waals surface area contributed by atoms with Crippen LogP contribution in [0.15, 0.2) is 85.2 Å². The number of nitrogens with zero attached hydrogens (tertiary/aromatic N) is 2. The molecule has 1 heterocycles. The van der Waals surface area contributed by atoms with Gasteiger partial charge in [0, 0.05) is 37.5 Å².